The molecule has 0 radical (unpaired) electrons. The molecule has 0 aromatic carbocycles. The van der Waals surface area contributed by atoms with Crippen LogP contribution in [0.5, 0.6) is 0 Å². The van der Waals surface area contributed by atoms with Gasteiger partial charge in [-0.05, 0) is 0 Å². The number of morpholine rings is 1. The number of ether oxygens (including phenoxy) is 1. The summed E-state index contributed by atoms with van der Waals surface area (Å²) >= 11 is 0. The number of urea groups is 1. The van der Waals surface area contributed by atoms with Gasteiger partial charge in [0, 0.05) is 26.6 Å². The summed E-state index contributed by atoms with van der Waals surface area (Å²) in [6, 6.07) is -1.46. The molecule has 1 unspecified atom stereocenters. The normalized spacial score (nSPS) is 19.2. The summed E-state index contributed by atoms with van der Waals surface area (Å²) in [4.78, 5) is 34.8. The fraction of sp³-hybridized carbons (Fsp3) is 0.700. The van der Waals surface area contributed by atoms with Crippen LogP contribution in [0.4, 0.5) is 4.79 Å². The lowest BCUT2D eigenvalue weighted by Gasteiger charge is -2.32. The molecule has 1 fully saturated rings. The van der Waals surface area contributed by atoms with Crippen molar-refractivity contribution in [3.8, 4) is 0 Å². The Morgan fingerprint density at radius 2 is 2.17 bits per heavy atom. The van der Waals surface area contributed by atoms with Gasteiger partial charge in [-0.15, -0.1) is 0 Å². The molecule has 1 rings (SSSR count). The zero-order valence-electron chi connectivity index (χ0n) is 10.1. The number of nitrogens with zero attached hydrogens (tertiary/aromatic N) is 1. The van der Waals surface area contributed by atoms with Gasteiger partial charge in [0.25, 0.3) is 0 Å². The van der Waals surface area contributed by atoms with Gasteiger partial charge in [-0.2, -0.15) is 0 Å². The number of nitrogens with one attached hydrogen (secondary N) is 2. The predicted molar refractivity (Wildman–Crippen MR) is 61.0 cm³/mol. The molecular weight excluding hydrogens is 242 g/mol. The number of carboxylic acids is 1. The maximum absolute atomic E-state index is 11.7. The summed E-state index contributed by atoms with van der Waals surface area (Å²) in [5.74, 6) is -1.29. The first-order valence-electron chi connectivity index (χ1n) is 5.62. The summed E-state index contributed by atoms with van der Waals surface area (Å²) < 4.78 is 5.02. The molecule has 3 N–H and O–H groups in total. The highest BCUT2D eigenvalue weighted by Gasteiger charge is 2.32. The van der Waals surface area contributed by atoms with Crippen molar-refractivity contribution < 1.29 is 24.2 Å². The Morgan fingerprint density at radius 3 is 2.78 bits per heavy atom. The third-order valence-electron chi connectivity index (χ3n) is 2.58. The molecule has 0 aliphatic carbocycles. The van der Waals surface area contributed by atoms with E-state index in [0.717, 1.165) is 0 Å². The average Bonchev–Trinajstić information content (AvgIpc) is 2.38. The topological polar surface area (TPSA) is 108 Å². The van der Waals surface area contributed by atoms with E-state index in [2.05, 4.69) is 10.6 Å². The van der Waals surface area contributed by atoms with Crippen LogP contribution in [0.1, 0.15) is 6.42 Å². The summed E-state index contributed by atoms with van der Waals surface area (Å²) in [7, 11) is 1.51. The molecule has 1 aliphatic heterocycles. The number of hydrogen-bond donors (Lipinski definition) is 3. The molecule has 8 nitrogen and oxygen atoms in total. The number of carbonyl (C=O) groups is 3. The monoisotopic (exact) mass is 259 g/mol. The molecule has 0 bridgehead atoms. The second-order valence-electron chi connectivity index (χ2n) is 3.78. The van der Waals surface area contributed by atoms with Gasteiger partial charge >= 0.3 is 12.0 Å². The van der Waals surface area contributed by atoms with Crippen LogP contribution >= 0.6 is 0 Å². The second-order valence-corrected chi connectivity index (χ2v) is 3.78. The molecule has 102 valence electrons. The first kappa shape index (κ1) is 14.2. The van der Waals surface area contributed by atoms with Crippen LogP contribution in [-0.2, 0) is 14.3 Å². The van der Waals surface area contributed by atoms with Gasteiger partial charge in [0.2, 0.25) is 5.91 Å². The highest BCUT2D eigenvalue weighted by atomic mass is 16.5. The van der Waals surface area contributed by atoms with Gasteiger partial charge in [-0.25, -0.2) is 9.59 Å². The fourth-order valence-electron chi connectivity index (χ4n) is 1.56. The van der Waals surface area contributed by atoms with E-state index in [1.165, 1.54) is 11.9 Å². The lowest BCUT2D eigenvalue weighted by atomic mass is 10.2. The van der Waals surface area contributed by atoms with E-state index < -0.39 is 18.0 Å². The van der Waals surface area contributed by atoms with Crippen molar-refractivity contribution in [2.24, 2.45) is 0 Å². The van der Waals surface area contributed by atoms with Crippen molar-refractivity contribution >= 4 is 17.9 Å². The van der Waals surface area contributed by atoms with Gasteiger partial charge in [0.05, 0.1) is 13.2 Å². The van der Waals surface area contributed by atoms with Crippen molar-refractivity contribution in [1.82, 2.24) is 15.5 Å². The van der Waals surface area contributed by atoms with E-state index in [4.69, 9.17) is 9.84 Å². The Bertz CT molecular complexity index is 333. The number of hydrogen-bond acceptors (Lipinski definition) is 4. The molecule has 1 aliphatic rings. The summed E-state index contributed by atoms with van der Waals surface area (Å²) in [6.45, 7) is 0.690. The Kier molecular flexibility index (Phi) is 5.37. The fourth-order valence-corrected chi connectivity index (χ4v) is 1.56. The lowest BCUT2D eigenvalue weighted by molar-refractivity contribution is -0.147. The van der Waals surface area contributed by atoms with E-state index in [0.29, 0.717) is 6.61 Å². The smallest absolute Gasteiger partial charge is 0.328 e. The number of carboxylic acid groups (broad SMARTS) is 1. The number of amides is 3. The second kappa shape index (κ2) is 6.80. The van der Waals surface area contributed by atoms with E-state index in [-0.39, 0.29) is 32.0 Å². The highest BCUT2D eigenvalue weighted by molar-refractivity contribution is 5.83. The van der Waals surface area contributed by atoms with Crippen LogP contribution in [0.2, 0.25) is 0 Å². The van der Waals surface area contributed by atoms with Crippen molar-refractivity contribution in [3.63, 3.8) is 0 Å². The van der Waals surface area contributed by atoms with Crippen LogP contribution in [0.3, 0.4) is 0 Å². The number of aliphatic carboxylic acids is 1. The number of carbonyl (C=O) groups excluding carboxylic acids is 2. The predicted octanol–water partition coefficient (Wildman–Crippen LogP) is -1.38. The third kappa shape index (κ3) is 3.88. The van der Waals surface area contributed by atoms with Crippen LogP contribution in [0.15, 0.2) is 0 Å². The maximum Gasteiger partial charge on any atom is 0.328 e. The maximum atomic E-state index is 11.7. The number of rotatable bonds is 4. The zero-order valence-corrected chi connectivity index (χ0v) is 10.1. The van der Waals surface area contributed by atoms with Crippen LogP contribution in [0.25, 0.3) is 0 Å². The molecule has 3 amide bonds. The summed E-state index contributed by atoms with van der Waals surface area (Å²) in [6.07, 6.45) is 0.157. The van der Waals surface area contributed by atoms with Gasteiger partial charge in [-0.1, -0.05) is 0 Å². The van der Waals surface area contributed by atoms with Gasteiger partial charge in [-0.3, -0.25) is 4.79 Å². The molecule has 1 heterocycles. The molecular formula is C10H17N3O5. The van der Waals surface area contributed by atoms with Crippen LogP contribution in [-0.4, -0.2) is 67.3 Å². The van der Waals surface area contributed by atoms with Crippen LogP contribution in [0, 0.1) is 0 Å². The minimum absolute atomic E-state index is 0.0157. The minimum atomic E-state index is -1.10. The largest absolute Gasteiger partial charge is 0.480 e. The molecule has 1 atom stereocenters. The molecule has 8 heteroatoms. The third-order valence-corrected chi connectivity index (χ3v) is 2.58. The summed E-state index contributed by atoms with van der Waals surface area (Å²) in [5.41, 5.74) is 0. The molecule has 1 saturated heterocycles. The van der Waals surface area contributed by atoms with Crippen molar-refractivity contribution in [1.29, 1.82) is 0 Å². The first-order chi connectivity index (χ1) is 8.56. The minimum Gasteiger partial charge on any atom is -0.480 e. The quantitative estimate of drug-likeness (QED) is 0.576. The summed E-state index contributed by atoms with van der Waals surface area (Å²) in [5, 5.41) is 13.9. The standard InChI is InChI=1S/C10H17N3O5/c1-11-8(14)2-3-12-10(17)13-4-5-18-6-7(13)9(15)16/h7H,2-6H2,1H3,(H,11,14)(H,12,17)(H,15,16). The Balaban J connectivity index is 2.43. The molecule has 18 heavy (non-hydrogen) atoms. The highest BCUT2D eigenvalue weighted by Crippen LogP contribution is 2.07. The molecule has 0 saturated carbocycles. The SMILES string of the molecule is CNC(=O)CCNC(=O)N1CCOCC1C(=O)O. The molecule has 0 aromatic heterocycles. The van der Waals surface area contributed by atoms with E-state index in [1.807, 2.05) is 0 Å². The Labute approximate surface area is 104 Å². The molecule has 0 spiro atoms. The zero-order chi connectivity index (χ0) is 13.5. The van der Waals surface area contributed by atoms with Crippen LogP contribution < -0.4 is 10.6 Å². The average molecular weight is 259 g/mol. The Hall–Kier alpha value is -1.83. The van der Waals surface area contributed by atoms with Gasteiger partial charge in [0.15, 0.2) is 6.04 Å². The van der Waals surface area contributed by atoms with Gasteiger partial charge < -0.3 is 25.4 Å². The molecule has 0 aromatic rings. The van der Waals surface area contributed by atoms with Crippen molar-refractivity contribution in [3.05, 3.63) is 0 Å². The van der Waals surface area contributed by atoms with Crippen molar-refractivity contribution in [2.45, 2.75) is 12.5 Å². The Morgan fingerprint density at radius 1 is 1.44 bits per heavy atom. The van der Waals surface area contributed by atoms with E-state index >= 15 is 0 Å². The van der Waals surface area contributed by atoms with Crippen molar-refractivity contribution in [2.75, 3.05) is 33.4 Å². The lowest BCUT2D eigenvalue weighted by Crippen LogP contribution is -2.55. The van der Waals surface area contributed by atoms with Gasteiger partial charge in [0.1, 0.15) is 0 Å². The first-order valence-corrected chi connectivity index (χ1v) is 5.62. The van der Waals surface area contributed by atoms with E-state index in [1.54, 1.807) is 0 Å². The van der Waals surface area contributed by atoms with E-state index in [9.17, 15) is 14.4 Å².